The average molecular weight is 224 g/mol. The third-order valence-electron chi connectivity index (χ3n) is 3.24. The first-order valence-corrected chi connectivity index (χ1v) is 4.93. The van der Waals surface area contributed by atoms with Crippen molar-refractivity contribution < 1.29 is 0 Å². The maximum absolute atomic E-state index is 4.42. The number of hydrogen-bond donors (Lipinski definition) is 1. The van der Waals surface area contributed by atoms with Crippen molar-refractivity contribution in [2.45, 2.75) is 26.9 Å². The molecule has 0 amide bonds. The molecule has 0 saturated carbocycles. The molecule has 0 aliphatic carbocycles. The zero-order chi connectivity index (χ0) is 9.71. The van der Waals surface area contributed by atoms with Gasteiger partial charge in [0.15, 0.2) is 0 Å². The molecule has 2 aromatic heterocycles. The zero-order valence-corrected chi connectivity index (χ0v) is 9.69. The average Bonchev–Trinajstić information content (AvgIpc) is 2.80. The van der Waals surface area contributed by atoms with E-state index in [1.54, 1.807) is 0 Å². The lowest BCUT2D eigenvalue weighted by Gasteiger charge is -2.10. The van der Waals surface area contributed by atoms with Crippen molar-refractivity contribution in [3.05, 3.63) is 34.8 Å². The normalized spacial score (nSPS) is 14.0. The number of nitrogens with one attached hydrogen (secondary N) is 1. The van der Waals surface area contributed by atoms with E-state index in [4.69, 9.17) is 0 Å². The maximum Gasteiger partial charge on any atom is 0.141 e. The highest BCUT2D eigenvalue weighted by Crippen LogP contribution is 2.25. The van der Waals surface area contributed by atoms with Gasteiger partial charge >= 0.3 is 0 Å². The van der Waals surface area contributed by atoms with Crippen LogP contribution in [0.3, 0.4) is 0 Å². The molecule has 1 aliphatic heterocycles. The fourth-order valence-electron chi connectivity index (χ4n) is 2.30. The van der Waals surface area contributed by atoms with Gasteiger partial charge in [0, 0.05) is 36.7 Å². The van der Waals surface area contributed by atoms with Crippen LogP contribution in [0.2, 0.25) is 0 Å². The van der Waals surface area contributed by atoms with Crippen molar-refractivity contribution in [1.29, 1.82) is 0 Å². The van der Waals surface area contributed by atoms with E-state index in [9.17, 15) is 0 Å². The Morgan fingerprint density at radius 3 is 2.80 bits per heavy atom. The van der Waals surface area contributed by atoms with Gasteiger partial charge in [-0.2, -0.15) is 0 Å². The molecule has 0 atom stereocenters. The van der Waals surface area contributed by atoms with Crippen molar-refractivity contribution in [2.24, 2.45) is 0 Å². The van der Waals surface area contributed by atoms with Gasteiger partial charge in [-0.15, -0.1) is 12.4 Å². The van der Waals surface area contributed by atoms with E-state index in [2.05, 4.69) is 28.5 Å². The molecule has 80 valence electrons. The summed E-state index contributed by atoms with van der Waals surface area (Å²) in [5, 5.41) is 3.38. The van der Waals surface area contributed by atoms with Gasteiger partial charge in [-0.1, -0.05) is 0 Å². The Labute approximate surface area is 94.9 Å². The Bertz CT molecular complexity index is 516. The molecular formula is C11H14ClN3. The maximum atomic E-state index is 4.42. The monoisotopic (exact) mass is 223 g/mol. The number of halogens is 1. The first kappa shape index (κ1) is 10.5. The van der Waals surface area contributed by atoms with Crippen LogP contribution in [0.4, 0.5) is 0 Å². The molecule has 0 saturated heterocycles. The van der Waals surface area contributed by atoms with E-state index in [1.807, 2.05) is 12.4 Å². The molecule has 0 radical (unpaired) electrons. The highest BCUT2D eigenvalue weighted by Gasteiger charge is 2.19. The van der Waals surface area contributed by atoms with Gasteiger partial charge < -0.3 is 9.72 Å². The number of fused-ring (bicyclic) bond motifs is 3. The van der Waals surface area contributed by atoms with E-state index in [1.165, 1.54) is 22.4 Å². The van der Waals surface area contributed by atoms with Crippen molar-refractivity contribution >= 4 is 18.1 Å². The lowest BCUT2D eigenvalue weighted by molar-refractivity contribution is 0.764. The van der Waals surface area contributed by atoms with Gasteiger partial charge in [-0.25, -0.2) is 4.98 Å². The second-order valence-electron chi connectivity index (χ2n) is 3.89. The molecule has 3 heterocycles. The Balaban J connectivity index is 0.000000853. The third-order valence-corrected chi connectivity index (χ3v) is 3.24. The van der Waals surface area contributed by atoms with Crippen LogP contribution in [0.1, 0.15) is 22.4 Å². The molecule has 0 unspecified atom stereocenters. The van der Waals surface area contributed by atoms with Crippen LogP contribution in [0.25, 0.3) is 5.65 Å². The topological polar surface area (TPSA) is 29.3 Å². The quantitative estimate of drug-likeness (QED) is 0.740. The minimum Gasteiger partial charge on any atom is -0.308 e. The standard InChI is InChI=1S/C11H13N3.ClH/c1-7-8(2)14-4-3-13-11(14)10-6-12-5-9(7)10;/h3-4,12H,5-6H2,1-2H3;1H. The van der Waals surface area contributed by atoms with Gasteiger partial charge in [0.2, 0.25) is 0 Å². The van der Waals surface area contributed by atoms with Crippen LogP contribution in [0, 0.1) is 13.8 Å². The van der Waals surface area contributed by atoms with E-state index >= 15 is 0 Å². The summed E-state index contributed by atoms with van der Waals surface area (Å²) in [5.74, 6) is 0. The van der Waals surface area contributed by atoms with Crippen LogP contribution in [-0.2, 0) is 13.1 Å². The van der Waals surface area contributed by atoms with E-state index < -0.39 is 0 Å². The number of aromatic nitrogens is 2. The molecule has 0 spiro atoms. The molecule has 1 aliphatic rings. The van der Waals surface area contributed by atoms with Crippen LogP contribution in [-0.4, -0.2) is 9.38 Å². The molecule has 4 heteroatoms. The van der Waals surface area contributed by atoms with Gasteiger partial charge in [0.1, 0.15) is 5.65 Å². The number of aryl methyl sites for hydroxylation is 1. The molecule has 1 N–H and O–H groups in total. The number of pyridine rings is 1. The lowest BCUT2D eigenvalue weighted by Crippen LogP contribution is -2.01. The summed E-state index contributed by atoms with van der Waals surface area (Å²) in [6.07, 6.45) is 3.91. The van der Waals surface area contributed by atoms with Gasteiger partial charge in [-0.3, -0.25) is 0 Å². The highest BCUT2D eigenvalue weighted by atomic mass is 35.5. The molecular weight excluding hydrogens is 210 g/mol. The second-order valence-corrected chi connectivity index (χ2v) is 3.89. The predicted octanol–water partition coefficient (Wildman–Crippen LogP) is 1.98. The Morgan fingerprint density at radius 1 is 1.27 bits per heavy atom. The summed E-state index contributed by atoms with van der Waals surface area (Å²) in [6.45, 7) is 6.30. The van der Waals surface area contributed by atoms with Crippen molar-refractivity contribution in [1.82, 2.24) is 14.7 Å². The molecule has 0 fully saturated rings. The van der Waals surface area contributed by atoms with Crippen LogP contribution in [0.5, 0.6) is 0 Å². The fourth-order valence-corrected chi connectivity index (χ4v) is 2.30. The molecule has 15 heavy (non-hydrogen) atoms. The summed E-state index contributed by atoms with van der Waals surface area (Å²) in [6, 6.07) is 0. The fraction of sp³-hybridized carbons (Fsp3) is 0.364. The number of hydrogen-bond acceptors (Lipinski definition) is 2. The minimum absolute atomic E-state index is 0. The summed E-state index contributed by atoms with van der Waals surface area (Å²) in [5.41, 5.74) is 6.64. The number of rotatable bonds is 0. The minimum atomic E-state index is 0. The third kappa shape index (κ3) is 1.27. The van der Waals surface area contributed by atoms with Crippen molar-refractivity contribution in [2.75, 3.05) is 0 Å². The highest BCUT2D eigenvalue weighted by molar-refractivity contribution is 5.85. The Kier molecular flexibility index (Phi) is 2.44. The Morgan fingerprint density at radius 2 is 2.00 bits per heavy atom. The van der Waals surface area contributed by atoms with Crippen LogP contribution < -0.4 is 5.32 Å². The smallest absolute Gasteiger partial charge is 0.141 e. The van der Waals surface area contributed by atoms with E-state index in [0.717, 1.165) is 18.7 Å². The molecule has 3 nitrogen and oxygen atoms in total. The van der Waals surface area contributed by atoms with Crippen molar-refractivity contribution in [3.8, 4) is 0 Å². The summed E-state index contributed by atoms with van der Waals surface area (Å²) < 4.78 is 2.18. The summed E-state index contributed by atoms with van der Waals surface area (Å²) in [7, 11) is 0. The van der Waals surface area contributed by atoms with E-state index in [-0.39, 0.29) is 12.4 Å². The molecule has 0 aromatic carbocycles. The summed E-state index contributed by atoms with van der Waals surface area (Å²) in [4.78, 5) is 4.42. The second kappa shape index (κ2) is 3.51. The van der Waals surface area contributed by atoms with Gasteiger partial charge in [0.25, 0.3) is 0 Å². The lowest BCUT2D eigenvalue weighted by atomic mass is 10.0. The largest absolute Gasteiger partial charge is 0.308 e. The van der Waals surface area contributed by atoms with Crippen LogP contribution >= 0.6 is 12.4 Å². The molecule has 2 aromatic rings. The number of nitrogens with zero attached hydrogens (tertiary/aromatic N) is 2. The van der Waals surface area contributed by atoms with Gasteiger partial charge in [0.05, 0.1) is 0 Å². The van der Waals surface area contributed by atoms with Crippen LogP contribution in [0.15, 0.2) is 12.4 Å². The first-order valence-electron chi connectivity index (χ1n) is 4.93. The first-order chi connectivity index (χ1) is 6.79. The summed E-state index contributed by atoms with van der Waals surface area (Å²) >= 11 is 0. The zero-order valence-electron chi connectivity index (χ0n) is 8.87. The Hall–Kier alpha value is -1.06. The predicted molar refractivity (Wildman–Crippen MR) is 62.5 cm³/mol. The van der Waals surface area contributed by atoms with E-state index in [0.29, 0.717) is 0 Å². The van der Waals surface area contributed by atoms with Crippen molar-refractivity contribution in [3.63, 3.8) is 0 Å². The van der Waals surface area contributed by atoms with Gasteiger partial charge in [-0.05, 0) is 25.0 Å². The SMILES string of the molecule is Cc1c2c(c3nccn3c1C)CNC2.Cl. The molecule has 3 rings (SSSR count). The number of imidazole rings is 1. The molecule has 0 bridgehead atoms.